The number of methoxy groups -OCH3 is 1. The first-order valence-electron chi connectivity index (χ1n) is 6.13. The summed E-state index contributed by atoms with van der Waals surface area (Å²) >= 11 is 1.60. The molecule has 0 aliphatic carbocycles. The fourth-order valence-corrected chi connectivity index (χ4v) is 2.46. The lowest BCUT2D eigenvalue weighted by Gasteiger charge is -2.06. The van der Waals surface area contributed by atoms with Crippen LogP contribution < -0.4 is 10.1 Å². The summed E-state index contributed by atoms with van der Waals surface area (Å²) in [5.41, 5.74) is 2.08. The highest BCUT2D eigenvalue weighted by atomic mass is 32.1. The van der Waals surface area contributed by atoms with Gasteiger partial charge in [-0.15, -0.1) is 11.3 Å². The molecule has 0 amide bonds. The molecule has 2 rings (SSSR count). The number of ether oxygens (including phenoxy) is 2. The van der Waals surface area contributed by atoms with E-state index in [1.54, 1.807) is 18.4 Å². The summed E-state index contributed by atoms with van der Waals surface area (Å²) in [6.07, 6.45) is 2.00. The Kier molecular flexibility index (Phi) is 4.95. The van der Waals surface area contributed by atoms with E-state index in [2.05, 4.69) is 16.9 Å². The molecule has 104 valence electrons. The van der Waals surface area contributed by atoms with Gasteiger partial charge in [-0.05, 0) is 6.92 Å². The van der Waals surface area contributed by atoms with Crippen LogP contribution in [0.2, 0.25) is 0 Å². The van der Waals surface area contributed by atoms with Crippen molar-refractivity contribution < 1.29 is 9.47 Å². The lowest BCUT2D eigenvalue weighted by molar-refractivity contribution is 0.157. The van der Waals surface area contributed by atoms with Crippen molar-refractivity contribution in [3.8, 4) is 5.88 Å². The van der Waals surface area contributed by atoms with Crippen molar-refractivity contribution in [1.82, 2.24) is 14.7 Å². The molecule has 5 nitrogen and oxygen atoms in total. The molecule has 2 aromatic heterocycles. The Morgan fingerprint density at radius 1 is 1.58 bits per heavy atom. The van der Waals surface area contributed by atoms with Gasteiger partial charge in [0.1, 0.15) is 5.69 Å². The Balaban J connectivity index is 1.83. The molecule has 0 unspecified atom stereocenters. The van der Waals surface area contributed by atoms with Gasteiger partial charge >= 0.3 is 0 Å². The zero-order chi connectivity index (χ0) is 13.7. The van der Waals surface area contributed by atoms with Crippen LogP contribution in [0.3, 0.4) is 0 Å². The maximum absolute atomic E-state index is 5.43. The van der Waals surface area contributed by atoms with Gasteiger partial charge in [-0.25, -0.2) is 0 Å². The average Bonchev–Trinajstić information content (AvgIpc) is 2.94. The minimum absolute atomic E-state index is 0.618. The Morgan fingerprint density at radius 3 is 3.16 bits per heavy atom. The van der Waals surface area contributed by atoms with Gasteiger partial charge in [0.25, 0.3) is 0 Å². The van der Waals surface area contributed by atoms with Crippen molar-refractivity contribution in [3.63, 3.8) is 0 Å². The normalized spacial score (nSPS) is 11.1. The van der Waals surface area contributed by atoms with Crippen molar-refractivity contribution in [2.45, 2.75) is 13.5 Å². The van der Waals surface area contributed by atoms with E-state index in [0.717, 1.165) is 22.8 Å². The van der Waals surface area contributed by atoms with Crippen LogP contribution in [0, 0.1) is 0 Å². The SMILES string of the molecule is C=C(C)COCCNCc1c(OC)nc2sccn12. The topological polar surface area (TPSA) is 47.8 Å². The van der Waals surface area contributed by atoms with Crippen LogP contribution >= 0.6 is 11.3 Å². The first-order valence-corrected chi connectivity index (χ1v) is 7.01. The molecular weight excluding hydrogens is 262 g/mol. The molecule has 0 bridgehead atoms. The summed E-state index contributed by atoms with van der Waals surface area (Å²) in [7, 11) is 1.64. The highest BCUT2D eigenvalue weighted by molar-refractivity contribution is 7.15. The van der Waals surface area contributed by atoms with Crippen molar-refractivity contribution in [2.75, 3.05) is 26.9 Å². The molecule has 0 spiro atoms. The summed E-state index contributed by atoms with van der Waals surface area (Å²) < 4.78 is 12.8. The third-order valence-corrected chi connectivity index (χ3v) is 3.34. The maximum Gasteiger partial charge on any atom is 0.237 e. The Morgan fingerprint density at radius 2 is 2.42 bits per heavy atom. The van der Waals surface area contributed by atoms with Gasteiger partial charge in [0.2, 0.25) is 5.88 Å². The molecule has 1 N–H and O–H groups in total. The second kappa shape index (κ2) is 6.70. The number of hydrogen-bond donors (Lipinski definition) is 1. The monoisotopic (exact) mass is 281 g/mol. The molecule has 2 heterocycles. The maximum atomic E-state index is 5.43. The Labute approximate surface area is 116 Å². The van der Waals surface area contributed by atoms with Crippen molar-refractivity contribution in [3.05, 3.63) is 29.4 Å². The van der Waals surface area contributed by atoms with Gasteiger partial charge in [-0.1, -0.05) is 12.2 Å². The average molecular weight is 281 g/mol. The minimum Gasteiger partial charge on any atom is -0.480 e. The third-order valence-electron chi connectivity index (χ3n) is 2.58. The molecule has 0 aromatic carbocycles. The smallest absolute Gasteiger partial charge is 0.237 e. The van der Waals surface area contributed by atoms with Crippen LogP contribution in [-0.2, 0) is 11.3 Å². The van der Waals surface area contributed by atoms with E-state index >= 15 is 0 Å². The molecule has 0 saturated heterocycles. The van der Waals surface area contributed by atoms with Gasteiger partial charge in [0.05, 0.1) is 20.3 Å². The molecule has 0 fully saturated rings. The quantitative estimate of drug-likeness (QED) is 0.594. The molecule has 0 atom stereocenters. The molecular formula is C13H19N3O2S. The molecule has 0 radical (unpaired) electrons. The second-order valence-electron chi connectivity index (χ2n) is 4.31. The summed E-state index contributed by atoms with van der Waals surface area (Å²) in [4.78, 5) is 5.36. The number of nitrogens with one attached hydrogen (secondary N) is 1. The van der Waals surface area contributed by atoms with Gasteiger partial charge in [0, 0.05) is 24.7 Å². The Hall–Kier alpha value is -1.37. The molecule has 0 aliphatic rings. The van der Waals surface area contributed by atoms with E-state index in [9.17, 15) is 0 Å². The van der Waals surface area contributed by atoms with Crippen LogP contribution in [-0.4, -0.2) is 36.3 Å². The largest absolute Gasteiger partial charge is 0.480 e. The predicted molar refractivity (Wildman–Crippen MR) is 77.0 cm³/mol. The van der Waals surface area contributed by atoms with Gasteiger partial charge in [0.15, 0.2) is 4.96 Å². The molecule has 0 aliphatic heterocycles. The van der Waals surface area contributed by atoms with Crippen molar-refractivity contribution in [1.29, 1.82) is 0 Å². The lowest BCUT2D eigenvalue weighted by atomic mass is 10.4. The van der Waals surface area contributed by atoms with E-state index in [1.807, 2.05) is 22.9 Å². The molecule has 19 heavy (non-hydrogen) atoms. The summed E-state index contributed by atoms with van der Waals surface area (Å²) in [5.74, 6) is 0.683. The fourth-order valence-electron chi connectivity index (χ4n) is 1.73. The minimum atomic E-state index is 0.618. The van der Waals surface area contributed by atoms with Gasteiger partial charge in [-0.3, -0.25) is 4.40 Å². The third kappa shape index (κ3) is 3.56. The van der Waals surface area contributed by atoms with Crippen LogP contribution in [0.5, 0.6) is 5.88 Å². The van der Waals surface area contributed by atoms with E-state index in [1.165, 1.54) is 0 Å². The number of rotatable bonds is 8. The number of hydrogen-bond acceptors (Lipinski definition) is 5. The summed E-state index contributed by atoms with van der Waals surface area (Å²) in [5, 5.41) is 5.34. The number of aromatic nitrogens is 2. The lowest BCUT2D eigenvalue weighted by Crippen LogP contribution is -2.20. The fraction of sp³-hybridized carbons (Fsp3) is 0.462. The van der Waals surface area contributed by atoms with Crippen LogP contribution in [0.15, 0.2) is 23.7 Å². The second-order valence-corrected chi connectivity index (χ2v) is 5.18. The molecule has 6 heteroatoms. The van der Waals surface area contributed by atoms with E-state index in [-0.39, 0.29) is 0 Å². The van der Waals surface area contributed by atoms with Crippen molar-refractivity contribution >= 4 is 16.3 Å². The number of nitrogens with zero attached hydrogens (tertiary/aromatic N) is 2. The highest BCUT2D eigenvalue weighted by Crippen LogP contribution is 2.22. The Bertz CT molecular complexity index is 547. The van der Waals surface area contributed by atoms with Crippen LogP contribution in [0.4, 0.5) is 0 Å². The number of imidazole rings is 1. The highest BCUT2D eigenvalue weighted by Gasteiger charge is 2.12. The van der Waals surface area contributed by atoms with E-state index < -0.39 is 0 Å². The number of thiazole rings is 1. The number of fused-ring (bicyclic) bond motifs is 1. The van der Waals surface area contributed by atoms with E-state index in [4.69, 9.17) is 9.47 Å². The van der Waals surface area contributed by atoms with Crippen LogP contribution in [0.25, 0.3) is 4.96 Å². The molecule has 0 saturated carbocycles. The first-order chi connectivity index (χ1) is 9.22. The first kappa shape index (κ1) is 14.0. The summed E-state index contributed by atoms with van der Waals surface area (Å²) in [6, 6.07) is 0. The molecule has 2 aromatic rings. The van der Waals surface area contributed by atoms with Crippen molar-refractivity contribution in [2.24, 2.45) is 0 Å². The van der Waals surface area contributed by atoms with Gasteiger partial charge in [-0.2, -0.15) is 4.98 Å². The van der Waals surface area contributed by atoms with E-state index in [0.29, 0.717) is 25.6 Å². The van der Waals surface area contributed by atoms with Gasteiger partial charge < -0.3 is 14.8 Å². The summed E-state index contributed by atoms with van der Waals surface area (Å²) in [6.45, 7) is 8.52. The predicted octanol–water partition coefficient (Wildman–Crippen LogP) is 2.09. The standard InChI is InChI=1S/C13H19N3O2S/c1-10(2)9-18-6-4-14-8-11-12(17-3)15-13-16(11)5-7-19-13/h5,7,14H,1,4,6,8-9H2,2-3H3. The zero-order valence-electron chi connectivity index (χ0n) is 11.3. The van der Waals surface area contributed by atoms with Crippen LogP contribution in [0.1, 0.15) is 12.6 Å². The zero-order valence-corrected chi connectivity index (χ0v) is 12.1.